The van der Waals surface area contributed by atoms with Crippen LogP contribution >= 0.6 is 27.7 Å². The molecule has 1 amide bonds. The first kappa shape index (κ1) is 21.5. The van der Waals surface area contributed by atoms with E-state index < -0.39 is 5.91 Å². The number of hydrogen-bond acceptors (Lipinski definition) is 6. The van der Waals surface area contributed by atoms with Crippen molar-refractivity contribution < 1.29 is 15.0 Å². The molecule has 8 heteroatoms. The van der Waals surface area contributed by atoms with Crippen molar-refractivity contribution in [2.24, 2.45) is 10.1 Å². The highest BCUT2D eigenvalue weighted by atomic mass is 79.9. The number of phenols is 2. The number of thioether (sulfide) groups is 1. The third kappa shape index (κ3) is 4.31. The maximum absolute atomic E-state index is 12.7. The first-order valence-electron chi connectivity index (χ1n) is 10.2. The predicted molar refractivity (Wildman–Crippen MR) is 134 cm³/mol. The van der Waals surface area contributed by atoms with Crippen molar-refractivity contribution in [1.82, 2.24) is 5.01 Å². The Bertz CT molecular complexity index is 1340. The van der Waals surface area contributed by atoms with E-state index in [0.29, 0.717) is 27.6 Å². The van der Waals surface area contributed by atoms with Gasteiger partial charge in [-0.1, -0.05) is 64.5 Å². The van der Waals surface area contributed by atoms with E-state index in [1.807, 2.05) is 42.5 Å². The Kier molecular flexibility index (Phi) is 5.78. The van der Waals surface area contributed by atoms with Crippen LogP contribution in [0.2, 0.25) is 0 Å². The maximum atomic E-state index is 12.7. The lowest BCUT2D eigenvalue weighted by Gasteiger charge is -2.23. The quantitative estimate of drug-likeness (QED) is 0.434. The fraction of sp³-hybridized carbons (Fsp3) is 0.0800. The molecule has 0 spiro atoms. The number of phenolic OH excluding ortho intramolecular Hbond substituents is 2. The summed E-state index contributed by atoms with van der Waals surface area (Å²) in [6, 6.07) is 21.7. The van der Waals surface area contributed by atoms with E-state index in [-0.39, 0.29) is 17.5 Å². The topological polar surface area (TPSA) is 85.5 Å². The number of carbonyl (C=O) groups excluding carboxylic acids is 1. The van der Waals surface area contributed by atoms with Crippen LogP contribution < -0.4 is 0 Å². The number of benzene rings is 3. The molecule has 164 valence electrons. The number of hydrazone groups is 1. The lowest BCUT2D eigenvalue weighted by Crippen LogP contribution is -2.23. The Hall–Kier alpha value is -3.36. The summed E-state index contributed by atoms with van der Waals surface area (Å²) in [6.45, 7) is 0. The molecule has 6 nitrogen and oxygen atoms in total. The number of carbonyl (C=O) groups is 1. The average Bonchev–Trinajstić information content (AvgIpc) is 3.41. The van der Waals surface area contributed by atoms with Crippen LogP contribution in [0.15, 0.2) is 92.3 Å². The number of amidine groups is 1. The molecule has 33 heavy (non-hydrogen) atoms. The van der Waals surface area contributed by atoms with E-state index in [4.69, 9.17) is 5.10 Å². The normalized spacial score (nSPS) is 19.2. The van der Waals surface area contributed by atoms with Gasteiger partial charge in [0, 0.05) is 22.0 Å². The number of halogens is 1. The van der Waals surface area contributed by atoms with Gasteiger partial charge < -0.3 is 10.2 Å². The summed E-state index contributed by atoms with van der Waals surface area (Å²) < 4.78 is 0.792. The molecule has 0 radical (unpaired) electrons. The van der Waals surface area contributed by atoms with Crippen molar-refractivity contribution in [2.45, 2.75) is 12.5 Å². The summed E-state index contributed by atoms with van der Waals surface area (Å²) in [6.07, 6.45) is 2.18. The van der Waals surface area contributed by atoms with Gasteiger partial charge in [0.15, 0.2) is 5.17 Å². The van der Waals surface area contributed by atoms with E-state index in [9.17, 15) is 15.0 Å². The SMILES string of the molecule is O=C1N=C(N2N=C(c3ccccc3)CC2c2ccccc2O)S/C1=C\c1cc(Br)ccc1O. The molecule has 0 aromatic heterocycles. The number of aliphatic imine (C=N–C) groups is 1. The van der Waals surface area contributed by atoms with E-state index >= 15 is 0 Å². The number of aromatic hydroxyl groups is 2. The number of amides is 1. The highest BCUT2D eigenvalue weighted by Crippen LogP contribution is 2.42. The minimum Gasteiger partial charge on any atom is -0.508 e. The van der Waals surface area contributed by atoms with Crippen LogP contribution in [0.3, 0.4) is 0 Å². The first-order chi connectivity index (χ1) is 16.0. The molecule has 0 saturated heterocycles. The van der Waals surface area contributed by atoms with Crippen LogP contribution in [-0.4, -0.2) is 32.0 Å². The molecule has 2 heterocycles. The lowest BCUT2D eigenvalue weighted by molar-refractivity contribution is -0.113. The van der Waals surface area contributed by atoms with Crippen LogP contribution in [0.25, 0.3) is 6.08 Å². The fourth-order valence-electron chi connectivity index (χ4n) is 3.78. The molecule has 2 N–H and O–H groups in total. The number of rotatable bonds is 3. The Balaban J connectivity index is 1.51. The van der Waals surface area contributed by atoms with Gasteiger partial charge in [0.25, 0.3) is 5.91 Å². The van der Waals surface area contributed by atoms with Crippen molar-refractivity contribution in [3.05, 3.63) is 98.9 Å². The smallest absolute Gasteiger partial charge is 0.286 e. The van der Waals surface area contributed by atoms with Crippen molar-refractivity contribution in [1.29, 1.82) is 0 Å². The molecule has 3 aromatic rings. The summed E-state index contributed by atoms with van der Waals surface area (Å²) in [4.78, 5) is 17.3. The molecule has 3 aromatic carbocycles. The Morgan fingerprint density at radius 3 is 2.55 bits per heavy atom. The van der Waals surface area contributed by atoms with Crippen molar-refractivity contribution >= 4 is 50.6 Å². The van der Waals surface area contributed by atoms with E-state index in [0.717, 1.165) is 15.7 Å². The zero-order valence-electron chi connectivity index (χ0n) is 17.2. The van der Waals surface area contributed by atoms with Gasteiger partial charge in [0.2, 0.25) is 0 Å². The Morgan fingerprint density at radius 2 is 1.76 bits per heavy atom. The second kappa shape index (κ2) is 8.88. The molecule has 2 aliphatic heterocycles. The summed E-state index contributed by atoms with van der Waals surface area (Å²) in [5.41, 5.74) is 3.06. The van der Waals surface area contributed by atoms with Gasteiger partial charge in [0.1, 0.15) is 11.5 Å². The van der Waals surface area contributed by atoms with Crippen LogP contribution in [0.5, 0.6) is 11.5 Å². The second-order valence-electron chi connectivity index (χ2n) is 7.55. The number of hydrogen-bond donors (Lipinski definition) is 2. The summed E-state index contributed by atoms with van der Waals surface area (Å²) in [5, 5.41) is 27.6. The third-order valence-electron chi connectivity index (χ3n) is 5.39. The molecule has 0 saturated carbocycles. The van der Waals surface area contributed by atoms with Gasteiger partial charge in [-0.2, -0.15) is 10.1 Å². The molecular weight excluding hydrogens is 502 g/mol. The number of para-hydroxylation sites is 1. The highest BCUT2D eigenvalue weighted by molar-refractivity contribution is 9.10. The molecule has 0 aliphatic carbocycles. The summed E-state index contributed by atoms with van der Waals surface area (Å²) in [7, 11) is 0. The fourth-order valence-corrected chi connectivity index (χ4v) is 5.07. The molecule has 0 fully saturated rings. The van der Waals surface area contributed by atoms with Crippen LogP contribution in [-0.2, 0) is 4.79 Å². The zero-order chi connectivity index (χ0) is 22.9. The molecule has 1 unspecified atom stereocenters. The predicted octanol–water partition coefficient (Wildman–Crippen LogP) is 5.68. The van der Waals surface area contributed by atoms with E-state index in [2.05, 4.69) is 20.9 Å². The van der Waals surface area contributed by atoms with E-state index in [1.165, 1.54) is 11.8 Å². The first-order valence-corrected chi connectivity index (χ1v) is 11.8. The van der Waals surface area contributed by atoms with Crippen LogP contribution in [0, 0.1) is 0 Å². The highest BCUT2D eigenvalue weighted by Gasteiger charge is 2.37. The second-order valence-corrected chi connectivity index (χ2v) is 9.47. The molecule has 2 aliphatic rings. The van der Waals surface area contributed by atoms with E-state index in [1.54, 1.807) is 41.4 Å². The van der Waals surface area contributed by atoms with Crippen molar-refractivity contribution in [3.8, 4) is 11.5 Å². The van der Waals surface area contributed by atoms with Crippen molar-refractivity contribution in [3.63, 3.8) is 0 Å². The monoisotopic (exact) mass is 519 g/mol. The largest absolute Gasteiger partial charge is 0.508 e. The standard InChI is InChI=1S/C25H18BrN3O3S/c26-17-10-11-21(30)16(12-17)13-23-24(32)27-25(33-23)29-20(18-8-4-5-9-22(18)31)14-19(28-29)15-6-2-1-3-7-15/h1-13,20,30-31H,14H2/b23-13-. The van der Waals surface area contributed by atoms with Gasteiger partial charge in [-0.3, -0.25) is 4.79 Å². The molecule has 5 rings (SSSR count). The zero-order valence-corrected chi connectivity index (χ0v) is 19.6. The van der Waals surface area contributed by atoms with Gasteiger partial charge in [0.05, 0.1) is 16.7 Å². The molecule has 0 bridgehead atoms. The number of nitrogens with zero attached hydrogens (tertiary/aromatic N) is 3. The van der Waals surface area contributed by atoms with Crippen LogP contribution in [0.1, 0.15) is 29.2 Å². The average molecular weight is 520 g/mol. The maximum Gasteiger partial charge on any atom is 0.286 e. The molecular formula is C25H18BrN3O3S. The van der Waals surface area contributed by atoms with Gasteiger partial charge in [-0.15, -0.1) is 0 Å². The minimum absolute atomic E-state index is 0.0743. The van der Waals surface area contributed by atoms with Gasteiger partial charge in [-0.25, -0.2) is 5.01 Å². The summed E-state index contributed by atoms with van der Waals surface area (Å²) in [5.74, 6) is -0.152. The van der Waals surface area contributed by atoms with Crippen LogP contribution in [0.4, 0.5) is 0 Å². The van der Waals surface area contributed by atoms with Gasteiger partial charge >= 0.3 is 0 Å². The lowest BCUT2D eigenvalue weighted by atomic mass is 9.98. The van der Waals surface area contributed by atoms with Gasteiger partial charge in [-0.05, 0) is 47.7 Å². The summed E-state index contributed by atoms with van der Waals surface area (Å²) >= 11 is 4.58. The third-order valence-corrected chi connectivity index (χ3v) is 6.86. The minimum atomic E-state index is -0.395. The Morgan fingerprint density at radius 1 is 1.00 bits per heavy atom. The molecule has 1 atom stereocenters. The van der Waals surface area contributed by atoms with Crippen molar-refractivity contribution in [2.75, 3.05) is 0 Å². The Labute approximate surface area is 203 Å².